The van der Waals surface area contributed by atoms with Crippen LogP contribution in [0.15, 0.2) is 30.3 Å². The SMILES string of the molecule is O=C1NCCC1(CO)c1ccccc1. The fourth-order valence-electron chi connectivity index (χ4n) is 1.95. The molecule has 1 aliphatic rings. The minimum absolute atomic E-state index is 0.0637. The van der Waals surface area contributed by atoms with Gasteiger partial charge >= 0.3 is 0 Å². The largest absolute Gasteiger partial charge is 0.395 e. The van der Waals surface area contributed by atoms with Gasteiger partial charge in [0.1, 0.15) is 0 Å². The Labute approximate surface area is 82.8 Å². The molecule has 3 heteroatoms. The molecular weight excluding hydrogens is 178 g/mol. The lowest BCUT2D eigenvalue weighted by atomic mass is 9.80. The lowest BCUT2D eigenvalue weighted by Gasteiger charge is -2.23. The lowest BCUT2D eigenvalue weighted by Crippen LogP contribution is -2.38. The molecule has 14 heavy (non-hydrogen) atoms. The average molecular weight is 191 g/mol. The third kappa shape index (κ3) is 1.21. The number of hydrogen-bond acceptors (Lipinski definition) is 2. The Morgan fingerprint density at radius 2 is 2.07 bits per heavy atom. The molecule has 0 aromatic heterocycles. The summed E-state index contributed by atoms with van der Waals surface area (Å²) in [6.45, 7) is 0.525. The number of nitrogens with one attached hydrogen (secondary N) is 1. The highest BCUT2D eigenvalue weighted by molar-refractivity contribution is 5.90. The van der Waals surface area contributed by atoms with Gasteiger partial charge in [0.05, 0.1) is 12.0 Å². The second-order valence-corrected chi connectivity index (χ2v) is 3.61. The molecule has 1 aromatic rings. The summed E-state index contributed by atoms with van der Waals surface area (Å²) >= 11 is 0. The Balaban J connectivity index is 2.43. The number of aliphatic hydroxyl groups excluding tert-OH is 1. The summed E-state index contributed by atoms with van der Waals surface area (Å²) in [7, 11) is 0. The quantitative estimate of drug-likeness (QED) is 0.712. The molecule has 0 spiro atoms. The second kappa shape index (κ2) is 3.42. The predicted molar refractivity (Wildman–Crippen MR) is 52.8 cm³/mol. The maximum atomic E-state index is 11.7. The van der Waals surface area contributed by atoms with Crippen LogP contribution in [0.4, 0.5) is 0 Å². The summed E-state index contributed by atoms with van der Waals surface area (Å²) in [5.41, 5.74) is 0.193. The highest BCUT2D eigenvalue weighted by atomic mass is 16.3. The van der Waals surface area contributed by atoms with Gasteiger partial charge < -0.3 is 10.4 Å². The molecule has 0 radical (unpaired) electrons. The summed E-state index contributed by atoms with van der Waals surface area (Å²) in [5.74, 6) is -0.0637. The van der Waals surface area contributed by atoms with E-state index in [0.29, 0.717) is 13.0 Å². The van der Waals surface area contributed by atoms with E-state index >= 15 is 0 Å². The smallest absolute Gasteiger partial charge is 0.233 e. The molecule has 3 nitrogen and oxygen atoms in total. The summed E-state index contributed by atoms with van der Waals surface area (Å²) in [6.07, 6.45) is 0.673. The Hall–Kier alpha value is -1.35. The Morgan fingerprint density at radius 1 is 1.36 bits per heavy atom. The van der Waals surface area contributed by atoms with Crippen molar-refractivity contribution in [2.75, 3.05) is 13.2 Å². The van der Waals surface area contributed by atoms with Crippen molar-refractivity contribution >= 4 is 5.91 Å². The average Bonchev–Trinajstić information content (AvgIpc) is 2.62. The number of carbonyl (C=O) groups excluding carboxylic acids is 1. The molecule has 1 atom stereocenters. The molecular formula is C11H13NO2. The molecule has 0 saturated carbocycles. The molecule has 0 bridgehead atoms. The van der Waals surface area contributed by atoms with Crippen molar-refractivity contribution in [1.29, 1.82) is 0 Å². The molecule has 0 aliphatic carbocycles. The summed E-state index contributed by atoms with van der Waals surface area (Å²) in [6, 6.07) is 9.46. The molecule has 2 N–H and O–H groups in total. The number of benzene rings is 1. The van der Waals surface area contributed by atoms with Gasteiger partial charge in [0.15, 0.2) is 0 Å². The second-order valence-electron chi connectivity index (χ2n) is 3.61. The van der Waals surface area contributed by atoms with Crippen LogP contribution in [0, 0.1) is 0 Å². The number of rotatable bonds is 2. The van der Waals surface area contributed by atoms with Gasteiger partial charge in [-0.05, 0) is 12.0 Å². The van der Waals surface area contributed by atoms with Crippen molar-refractivity contribution < 1.29 is 9.90 Å². The lowest BCUT2D eigenvalue weighted by molar-refractivity contribution is -0.125. The summed E-state index contributed by atoms with van der Waals surface area (Å²) in [4.78, 5) is 11.7. The van der Waals surface area contributed by atoms with E-state index in [1.807, 2.05) is 30.3 Å². The van der Waals surface area contributed by atoms with Gasteiger partial charge in [0, 0.05) is 6.54 Å². The van der Waals surface area contributed by atoms with E-state index in [0.717, 1.165) is 5.56 Å². The monoisotopic (exact) mass is 191 g/mol. The molecule has 1 saturated heterocycles. The minimum atomic E-state index is -0.707. The summed E-state index contributed by atoms with van der Waals surface area (Å²) < 4.78 is 0. The van der Waals surface area contributed by atoms with E-state index in [2.05, 4.69) is 5.32 Å². The van der Waals surface area contributed by atoms with Gasteiger partial charge in [-0.25, -0.2) is 0 Å². The standard InChI is InChI=1S/C11H13NO2/c13-8-11(6-7-12-10(11)14)9-4-2-1-3-5-9/h1-5,13H,6-8H2,(H,12,14). The Bertz CT molecular complexity index is 336. The first kappa shape index (κ1) is 9.21. The van der Waals surface area contributed by atoms with Crippen LogP contribution in [0.25, 0.3) is 0 Å². The van der Waals surface area contributed by atoms with E-state index in [-0.39, 0.29) is 12.5 Å². The van der Waals surface area contributed by atoms with Crippen molar-refractivity contribution in [1.82, 2.24) is 5.32 Å². The van der Waals surface area contributed by atoms with Crippen LogP contribution < -0.4 is 5.32 Å². The molecule has 2 rings (SSSR count). The van der Waals surface area contributed by atoms with Gasteiger partial charge in [-0.1, -0.05) is 30.3 Å². The Kier molecular flexibility index (Phi) is 2.25. The van der Waals surface area contributed by atoms with E-state index in [1.165, 1.54) is 0 Å². The first-order chi connectivity index (χ1) is 6.79. The molecule has 1 aromatic carbocycles. The first-order valence-electron chi connectivity index (χ1n) is 4.74. The van der Waals surface area contributed by atoms with Crippen LogP contribution in [-0.2, 0) is 10.2 Å². The van der Waals surface area contributed by atoms with E-state index in [1.54, 1.807) is 0 Å². The minimum Gasteiger partial charge on any atom is -0.395 e. The number of hydrogen-bond donors (Lipinski definition) is 2. The first-order valence-corrected chi connectivity index (χ1v) is 4.74. The van der Waals surface area contributed by atoms with Crippen LogP contribution >= 0.6 is 0 Å². The van der Waals surface area contributed by atoms with Crippen molar-refractivity contribution in [2.24, 2.45) is 0 Å². The van der Waals surface area contributed by atoms with E-state index in [4.69, 9.17) is 0 Å². The van der Waals surface area contributed by atoms with E-state index < -0.39 is 5.41 Å². The summed E-state index contributed by atoms with van der Waals surface area (Å²) in [5, 5.41) is 12.1. The third-order valence-corrected chi connectivity index (χ3v) is 2.87. The molecule has 1 amide bonds. The van der Waals surface area contributed by atoms with Crippen LogP contribution in [0.3, 0.4) is 0 Å². The zero-order valence-corrected chi connectivity index (χ0v) is 7.86. The van der Waals surface area contributed by atoms with Crippen LogP contribution in [-0.4, -0.2) is 24.2 Å². The van der Waals surface area contributed by atoms with Crippen molar-refractivity contribution in [3.05, 3.63) is 35.9 Å². The fourth-order valence-corrected chi connectivity index (χ4v) is 1.95. The fraction of sp³-hybridized carbons (Fsp3) is 0.364. The molecule has 1 aliphatic heterocycles. The van der Waals surface area contributed by atoms with Crippen LogP contribution in [0.2, 0.25) is 0 Å². The van der Waals surface area contributed by atoms with Gasteiger partial charge in [0.2, 0.25) is 5.91 Å². The Morgan fingerprint density at radius 3 is 2.57 bits per heavy atom. The third-order valence-electron chi connectivity index (χ3n) is 2.87. The van der Waals surface area contributed by atoms with Crippen molar-refractivity contribution in [3.8, 4) is 0 Å². The predicted octanol–water partition coefficient (Wildman–Crippen LogP) is 0.437. The number of carbonyl (C=O) groups is 1. The zero-order chi connectivity index (χ0) is 10.0. The van der Waals surface area contributed by atoms with Gasteiger partial charge in [0.25, 0.3) is 0 Å². The maximum absolute atomic E-state index is 11.7. The van der Waals surface area contributed by atoms with Crippen LogP contribution in [0.5, 0.6) is 0 Å². The van der Waals surface area contributed by atoms with Crippen LogP contribution in [0.1, 0.15) is 12.0 Å². The number of amides is 1. The maximum Gasteiger partial charge on any atom is 0.233 e. The highest BCUT2D eigenvalue weighted by Crippen LogP contribution is 2.30. The zero-order valence-electron chi connectivity index (χ0n) is 7.86. The molecule has 74 valence electrons. The van der Waals surface area contributed by atoms with Gasteiger partial charge in [-0.2, -0.15) is 0 Å². The molecule has 1 heterocycles. The highest BCUT2D eigenvalue weighted by Gasteiger charge is 2.43. The topological polar surface area (TPSA) is 49.3 Å². The van der Waals surface area contributed by atoms with Crippen molar-refractivity contribution in [2.45, 2.75) is 11.8 Å². The molecule has 1 unspecified atom stereocenters. The van der Waals surface area contributed by atoms with Crippen molar-refractivity contribution in [3.63, 3.8) is 0 Å². The normalized spacial score (nSPS) is 26.2. The van der Waals surface area contributed by atoms with Gasteiger partial charge in [-0.15, -0.1) is 0 Å². The van der Waals surface area contributed by atoms with E-state index in [9.17, 15) is 9.90 Å². The van der Waals surface area contributed by atoms with Gasteiger partial charge in [-0.3, -0.25) is 4.79 Å². The number of aliphatic hydroxyl groups is 1. The molecule has 1 fully saturated rings.